The molecule has 0 aliphatic heterocycles. The van der Waals surface area contributed by atoms with E-state index in [2.05, 4.69) is 20.8 Å². The van der Waals surface area contributed by atoms with E-state index in [0.29, 0.717) is 0 Å². The lowest BCUT2D eigenvalue weighted by molar-refractivity contribution is 0.0690. The summed E-state index contributed by atoms with van der Waals surface area (Å²) in [6, 6.07) is 0.806. The topological polar surface area (TPSA) is 107 Å². The van der Waals surface area contributed by atoms with Crippen LogP contribution in [0.2, 0.25) is 0 Å². The first-order chi connectivity index (χ1) is 7.28. The van der Waals surface area contributed by atoms with Gasteiger partial charge in [0.05, 0.1) is 0 Å². The molecule has 2 amide bonds. The molecule has 0 bridgehead atoms. The number of H-pyrrole nitrogens is 1. The maximum Gasteiger partial charge on any atom is 0.353 e. The second-order valence-corrected chi connectivity index (χ2v) is 4.30. The number of nitrogens with one attached hydrogen (secondary N) is 3. The van der Waals surface area contributed by atoms with E-state index in [-0.39, 0.29) is 17.1 Å². The molecule has 0 aliphatic rings. The van der Waals surface area contributed by atoms with Crippen LogP contribution in [0.5, 0.6) is 0 Å². The third kappa shape index (κ3) is 3.60. The second-order valence-electron chi connectivity index (χ2n) is 4.30. The summed E-state index contributed by atoms with van der Waals surface area (Å²) in [5.41, 5.74) is -0.443. The minimum absolute atomic E-state index is 0.0777. The molecule has 0 saturated carbocycles. The summed E-state index contributed by atoms with van der Waals surface area (Å²) < 4.78 is 0. The fourth-order valence-corrected chi connectivity index (χ4v) is 0.983. The number of carbonyl (C=O) groups is 2. The molecule has 7 nitrogen and oxygen atoms in total. The SMILES string of the molecule is CC(C)(C)NC(=O)Nc1cc(C(=O)O)[nH]n1. The number of nitrogens with zero attached hydrogens (tertiary/aromatic N) is 1. The van der Waals surface area contributed by atoms with Crippen molar-refractivity contribution in [2.75, 3.05) is 5.32 Å². The number of carbonyl (C=O) groups excluding carboxylic acids is 1. The first kappa shape index (κ1) is 12.0. The molecule has 1 rings (SSSR count). The number of aromatic carboxylic acids is 1. The minimum Gasteiger partial charge on any atom is -0.477 e. The van der Waals surface area contributed by atoms with E-state index in [0.717, 1.165) is 0 Å². The summed E-state index contributed by atoms with van der Waals surface area (Å²) in [7, 11) is 0. The van der Waals surface area contributed by atoms with Gasteiger partial charge in [-0.2, -0.15) is 5.10 Å². The number of hydrogen-bond donors (Lipinski definition) is 4. The third-order valence-corrected chi connectivity index (χ3v) is 1.54. The van der Waals surface area contributed by atoms with E-state index in [4.69, 9.17) is 5.11 Å². The standard InChI is InChI=1S/C9H14N4O3/c1-9(2,3)11-8(16)10-6-4-5(7(14)15)12-13-6/h4H,1-3H3,(H,14,15)(H3,10,11,12,13,16). The number of aromatic amines is 1. The second kappa shape index (κ2) is 4.21. The average Bonchev–Trinajstić information content (AvgIpc) is 2.48. The Balaban J connectivity index is 2.60. The highest BCUT2D eigenvalue weighted by Crippen LogP contribution is 2.06. The Morgan fingerprint density at radius 1 is 1.44 bits per heavy atom. The van der Waals surface area contributed by atoms with Crippen LogP contribution in [0.25, 0.3) is 0 Å². The van der Waals surface area contributed by atoms with Crippen molar-refractivity contribution in [3.8, 4) is 0 Å². The van der Waals surface area contributed by atoms with Crippen molar-refractivity contribution in [3.63, 3.8) is 0 Å². The van der Waals surface area contributed by atoms with Crippen molar-refractivity contribution in [2.45, 2.75) is 26.3 Å². The summed E-state index contributed by atoms with van der Waals surface area (Å²) >= 11 is 0. The smallest absolute Gasteiger partial charge is 0.353 e. The lowest BCUT2D eigenvalue weighted by atomic mass is 10.1. The predicted octanol–water partition coefficient (Wildman–Crippen LogP) is 1.03. The van der Waals surface area contributed by atoms with Gasteiger partial charge in [0.1, 0.15) is 5.69 Å². The van der Waals surface area contributed by atoms with Gasteiger partial charge in [0.2, 0.25) is 0 Å². The maximum atomic E-state index is 11.4. The fourth-order valence-electron chi connectivity index (χ4n) is 0.983. The van der Waals surface area contributed by atoms with Crippen LogP contribution in [0, 0.1) is 0 Å². The highest BCUT2D eigenvalue weighted by atomic mass is 16.4. The van der Waals surface area contributed by atoms with E-state index in [1.807, 2.05) is 20.8 Å². The number of rotatable bonds is 2. The summed E-state index contributed by atoms with van der Waals surface area (Å²) in [5.74, 6) is -0.962. The zero-order chi connectivity index (χ0) is 12.3. The Hall–Kier alpha value is -2.05. The quantitative estimate of drug-likeness (QED) is 0.604. The Kier molecular flexibility index (Phi) is 3.17. The van der Waals surface area contributed by atoms with Gasteiger partial charge < -0.3 is 10.4 Å². The molecule has 88 valence electrons. The van der Waals surface area contributed by atoms with Gasteiger partial charge in [-0.1, -0.05) is 0 Å². The molecule has 0 saturated heterocycles. The molecule has 0 unspecified atom stereocenters. The molecule has 0 aromatic carbocycles. The van der Waals surface area contributed by atoms with E-state index >= 15 is 0 Å². The predicted molar refractivity (Wildman–Crippen MR) is 57.5 cm³/mol. The number of carboxylic acid groups (broad SMARTS) is 1. The molecule has 1 aromatic heterocycles. The molecule has 0 aliphatic carbocycles. The van der Waals surface area contributed by atoms with Crippen molar-refractivity contribution >= 4 is 17.8 Å². The van der Waals surface area contributed by atoms with Crippen LogP contribution in [-0.2, 0) is 0 Å². The summed E-state index contributed by atoms with van der Waals surface area (Å²) in [6.45, 7) is 5.50. The molecule has 7 heteroatoms. The molecule has 16 heavy (non-hydrogen) atoms. The maximum absolute atomic E-state index is 11.4. The minimum atomic E-state index is -1.13. The molecule has 1 aromatic rings. The summed E-state index contributed by atoms with van der Waals surface area (Å²) in [4.78, 5) is 21.9. The highest BCUT2D eigenvalue weighted by Gasteiger charge is 2.15. The van der Waals surface area contributed by atoms with Crippen LogP contribution in [-0.4, -0.2) is 32.8 Å². The van der Waals surface area contributed by atoms with Gasteiger partial charge in [0, 0.05) is 11.6 Å². The van der Waals surface area contributed by atoms with Crippen LogP contribution in [0.3, 0.4) is 0 Å². The van der Waals surface area contributed by atoms with Crippen LogP contribution in [0.1, 0.15) is 31.3 Å². The van der Waals surface area contributed by atoms with Crippen LogP contribution in [0.15, 0.2) is 6.07 Å². The number of urea groups is 1. The number of amides is 2. The monoisotopic (exact) mass is 226 g/mol. The largest absolute Gasteiger partial charge is 0.477 e. The van der Waals surface area contributed by atoms with Crippen LogP contribution >= 0.6 is 0 Å². The third-order valence-electron chi connectivity index (χ3n) is 1.54. The molecule has 0 radical (unpaired) electrons. The van der Waals surface area contributed by atoms with Crippen molar-refractivity contribution < 1.29 is 14.7 Å². The molecule has 4 N–H and O–H groups in total. The van der Waals surface area contributed by atoms with Crippen molar-refractivity contribution in [1.29, 1.82) is 0 Å². The van der Waals surface area contributed by atoms with Crippen molar-refractivity contribution in [1.82, 2.24) is 15.5 Å². The van der Waals surface area contributed by atoms with Crippen LogP contribution in [0.4, 0.5) is 10.6 Å². The van der Waals surface area contributed by atoms with Gasteiger partial charge in [-0.15, -0.1) is 0 Å². The average molecular weight is 226 g/mol. The summed E-state index contributed by atoms with van der Waals surface area (Å²) in [6.07, 6.45) is 0. The summed E-state index contributed by atoms with van der Waals surface area (Å²) in [5, 5.41) is 19.6. The van der Waals surface area contributed by atoms with E-state index < -0.39 is 12.0 Å². The molecule has 0 fully saturated rings. The Morgan fingerprint density at radius 3 is 2.50 bits per heavy atom. The lowest BCUT2D eigenvalue weighted by Gasteiger charge is -2.20. The number of aromatic nitrogens is 2. The first-order valence-electron chi connectivity index (χ1n) is 4.66. The fraction of sp³-hybridized carbons (Fsp3) is 0.444. The lowest BCUT2D eigenvalue weighted by Crippen LogP contribution is -2.43. The normalized spacial score (nSPS) is 10.9. The Morgan fingerprint density at radius 2 is 2.06 bits per heavy atom. The van der Waals surface area contributed by atoms with Gasteiger partial charge in [0.25, 0.3) is 0 Å². The van der Waals surface area contributed by atoms with E-state index in [9.17, 15) is 9.59 Å². The molecule has 0 atom stereocenters. The zero-order valence-electron chi connectivity index (χ0n) is 9.29. The van der Waals surface area contributed by atoms with E-state index in [1.165, 1.54) is 6.07 Å². The molecule has 1 heterocycles. The van der Waals surface area contributed by atoms with Crippen molar-refractivity contribution in [3.05, 3.63) is 11.8 Å². The molecule has 0 spiro atoms. The van der Waals surface area contributed by atoms with Gasteiger partial charge in [0.15, 0.2) is 5.82 Å². The zero-order valence-corrected chi connectivity index (χ0v) is 9.29. The van der Waals surface area contributed by atoms with Crippen LogP contribution < -0.4 is 10.6 Å². The first-order valence-corrected chi connectivity index (χ1v) is 4.66. The van der Waals surface area contributed by atoms with Gasteiger partial charge in [-0.05, 0) is 20.8 Å². The number of anilines is 1. The van der Waals surface area contributed by atoms with Gasteiger partial charge in [-0.3, -0.25) is 10.4 Å². The Bertz CT molecular complexity index is 405. The highest BCUT2D eigenvalue weighted by molar-refractivity contribution is 5.91. The molecular formula is C9H14N4O3. The van der Waals surface area contributed by atoms with Crippen molar-refractivity contribution in [2.24, 2.45) is 0 Å². The van der Waals surface area contributed by atoms with Gasteiger partial charge in [-0.25, -0.2) is 9.59 Å². The van der Waals surface area contributed by atoms with E-state index in [1.54, 1.807) is 0 Å². The Labute approximate surface area is 92.2 Å². The number of hydrogen-bond acceptors (Lipinski definition) is 3. The van der Waals surface area contributed by atoms with Gasteiger partial charge >= 0.3 is 12.0 Å². The number of carboxylic acids is 1. The molecular weight excluding hydrogens is 212 g/mol.